The summed E-state index contributed by atoms with van der Waals surface area (Å²) in [6.07, 6.45) is 4.50. The lowest BCUT2D eigenvalue weighted by Gasteiger charge is -2.27. The summed E-state index contributed by atoms with van der Waals surface area (Å²) in [6, 6.07) is 9.29. The number of rotatable bonds is 5. The lowest BCUT2D eigenvalue weighted by molar-refractivity contribution is 0.426. The van der Waals surface area contributed by atoms with E-state index in [1.54, 1.807) is 13.0 Å². The standard InChI is InChI=1S/C19H25NO3S/c1-14(2)13-20(24(21,22)19-11-8-15(3)23-19)18-10-9-16-6-4-5-7-17(16)12-18/h8-12,14H,4-7,13H2,1-3H3. The van der Waals surface area contributed by atoms with Gasteiger partial charge in [0, 0.05) is 6.54 Å². The number of furan rings is 1. The van der Waals surface area contributed by atoms with E-state index in [0.29, 0.717) is 12.3 Å². The predicted octanol–water partition coefficient (Wildman–Crippen LogP) is 4.32. The Balaban J connectivity index is 2.03. The number of fused-ring (bicyclic) bond motifs is 1. The van der Waals surface area contributed by atoms with E-state index in [0.717, 1.165) is 18.5 Å². The smallest absolute Gasteiger partial charge is 0.297 e. The van der Waals surface area contributed by atoms with Gasteiger partial charge in [0.25, 0.3) is 10.0 Å². The molecule has 0 fully saturated rings. The Hall–Kier alpha value is -1.75. The Labute approximate surface area is 144 Å². The molecular weight excluding hydrogens is 322 g/mol. The van der Waals surface area contributed by atoms with E-state index >= 15 is 0 Å². The van der Waals surface area contributed by atoms with Crippen molar-refractivity contribution >= 4 is 15.7 Å². The van der Waals surface area contributed by atoms with Gasteiger partial charge in [-0.1, -0.05) is 19.9 Å². The predicted molar refractivity (Wildman–Crippen MR) is 95.9 cm³/mol. The van der Waals surface area contributed by atoms with Gasteiger partial charge in [-0.25, -0.2) is 0 Å². The molecule has 1 aromatic carbocycles. The van der Waals surface area contributed by atoms with E-state index < -0.39 is 10.0 Å². The molecule has 1 aromatic heterocycles. The second-order valence-electron chi connectivity index (χ2n) is 6.96. The van der Waals surface area contributed by atoms with Crippen molar-refractivity contribution in [2.45, 2.75) is 51.5 Å². The Morgan fingerprint density at radius 1 is 1.08 bits per heavy atom. The normalized spacial score (nSPS) is 14.7. The van der Waals surface area contributed by atoms with E-state index in [9.17, 15) is 8.42 Å². The Morgan fingerprint density at radius 3 is 2.42 bits per heavy atom. The molecule has 0 bridgehead atoms. The first kappa shape index (κ1) is 17.1. The first-order valence-electron chi connectivity index (χ1n) is 8.59. The summed E-state index contributed by atoms with van der Waals surface area (Å²) >= 11 is 0. The van der Waals surface area contributed by atoms with Crippen molar-refractivity contribution in [2.75, 3.05) is 10.8 Å². The third kappa shape index (κ3) is 3.36. The van der Waals surface area contributed by atoms with Crippen LogP contribution in [-0.4, -0.2) is 15.0 Å². The number of hydrogen-bond acceptors (Lipinski definition) is 3. The monoisotopic (exact) mass is 347 g/mol. The summed E-state index contributed by atoms with van der Waals surface area (Å²) < 4.78 is 33.1. The summed E-state index contributed by atoms with van der Waals surface area (Å²) in [5, 5.41) is 0.0124. The highest BCUT2D eigenvalue weighted by atomic mass is 32.2. The van der Waals surface area contributed by atoms with Crippen LogP contribution in [0.2, 0.25) is 0 Å². The van der Waals surface area contributed by atoms with E-state index in [4.69, 9.17) is 4.42 Å². The van der Waals surface area contributed by atoms with Crippen LogP contribution >= 0.6 is 0 Å². The van der Waals surface area contributed by atoms with Crippen LogP contribution in [0.5, 0.6) is 0 Å². The third-order valence-electron chi connectivity index (χ3n) is 4.41. The minimum Gasteiger partial charge on any atom is -0.448 e. The molecule has 0 amide bonds. The van der Waals surface area contributed by atoms with Crippen LogP contribution in [0.1, 0.15) is 43.6 Å². The van der Waals surface area contributed by atoms with Gasteiger partial charge < -0.3 is 4.42 Å². The second-order valence-corrected chi connectivity index (χ2v) is 8.75. The fraction of sp³-hybridized carbons (Fsp3) is 0.474. The van der Waals surface area contributed by atoms with Crippen molar-refractivity contribution in [3.8, 4) is 0 Å². The number of sulfonamides is 1. The second kappa shape index (κ2) is 6.63. The van der Waals surface area contributed by atoms with Crippen LogP contribution in [0.4, 0.5) is 5.69 Å². The van der Waals surface area contributed by atoms with Gasteiger partial charge in [-0.05, 0) is 73.9 Å². The van der Waals surface area contributed by atoms with E-state index in [-0.39, 0.29) is 11.0 Å². The molecule has 0 N–H and O–H groups in total. The van der Waals surface area contributed by atoms with Crippen LogP contribution < -0.4 is 4.31 Å². The van der Waals surface area contributed by atoms with Crippen molar-refractivity contribution in [1.82, 2.24) is 0 Å². The summed E-state index contributed by atoms with van der Waals surface area (Å²) in [4.78, 5) is 0. The van der Waals surface area contributed by atoms with Gasteiger partial charge in [-0.3, -0.25) is 4.31 Å². The molecular formula is C19H25NO3S. The van der Waals surface area contributed by atoms with Crippen LogP contribution in [0.25, 0.3) is 0 Å². The molecule has 24 heavy (non-hydrogen) atoms. The number of anilines is 1. The maximum atomic E-state index is 13.1. The quantitative estimate of drug-likeness (QED) is 0.809. The SMILES string of the molecule is Cc1ccc(S(=O)(=O)N(CC(C)C)c2ccc3c(c2)CCCC3)o1. The number of nitrogens with zero attached hydrogens (tertiary/aromatic N) is 1. The zero-order valence-electron chi connectivity index (χ0n) is 14.6. The van der Waals surface area contributed by atoms with E-state index in [2.05, 4.69) is 6.07 Å². The van der Waals surface area contributed by atoms with Gasteiger partial charge in [-0.15, -0.1) is 0 Å². The molecule has 0 atom stereocenters. The molecule has 130 valence electrons. The van der Waals surface area contributed by atoms with Gasteiger partial charge >= 0.3 is 0 Å². The first-order valence-corrected chi connectivity index (χ1v) is 10.0. The maximum Gasteiger partial charge on any atom is 0.297 e. The molecule has 1 aliphatic carbocycles. The maximum absolute atomic E-state index is 13.1. The first-order chi connectivity index (χ1) is 11.4. The minimum atomic E-state index is -3.69. The van der Waals surface area contributed by atoms with Crippen LogP contribution in [-0.2, 0) is 22.9 Å². The van der Waals surface area contributed by atoms with Crippen molar-refractivity contribution in [3.05, 3.63) is 47.2 Å². The van der Waals surface area contributed by atoms with Crippen LogP contribution in [0, 0.1) is 12.8 Å². The molecule has 1 aliphatic rings. The number of benzene rings is 1. The molecule has 2 aromatic rings. The summed E-state index contributed by atoms with van der Waals surface area (Å²) in [7, 11) is -3.69. The molecule has 0 saturated heterocycles. The minimum absolute atomic E-state index is 0.0124. The van der Waals surface area contributed by atoms with E-state index in [1.165, 1.54) is 34.3 Å². The number of hydrogen-bond donors (Lipinski definition) is 0. The molecule has 4 nitrogen and oxygen atoms in total. The Bertz CT molecular complexity index is 821. The fourth-order valence-electron chi connectivity index (χ4n) is 3.21. The van der Waals surface area contributed by atoms with Crippen LogP contribution in [0.3, 0.4) is 0 Å². The molecule has 3 rings (SSSR count). The van der Waals surface area contributed by atoms with Gasteiger partial charge in [0.15, 0.2) is 0 Å². The molecule has 0 spiro atoms. The zero-order chi connectivity index (χ0) is 17.3. The zero-order valence-corrected chi connectivity index (χ0v) is 15.4. The fourth-order valence-corrected chi connectivity index (χ4v) is 4.79. The van der Waals surface area contributed by atoms with E-state index in [1.807, 2.05) is 26.0 Å². The summed E-state index contributed by atoms with van der Waals surface area (Å²) in [5.74, 6) is 0.815. The van der Waals surface area contributed by atoms with Gasteiger partial charge in [-0.2, -0.15) is 8.42 Å². The largest absolute Gasteiger partial charge is 0.448 e. The molecule has 1 heterocycles. The van der Waals surface area contributed by atoms with Gasteiger partial charge in [0.1, 0.15) is 5.76 Å². The van der Waals surface area contributed by atoms with Crippen molar-refractivity contribution in [3.63, 3.8) is 0 Å². The molecule has 0 aliphatic heterocycles. The highest BCUT2D eigenvalue weighted by Gasteiger charge is 2.29. The third-order valence-corrected chi connectivity index (χ3v) is 6.08. The average molecular weight is 347 g/mol. The highest BCUT2D eigenvalue weighted by Crippen LogP contribution is 2.30. The van der Waals surface area contributed by atoms with Gasteiger partial charge in [0.05, 0.1) is 5.69 Å². The molecule has 0 saturated carbocycles. The average Bonchev–Trinajstić information content (AvgIpc) is 2.99. The Morgan fingerprint density at radius 2 is 1.79 bits per heavy atom. The van der Waals surface area contributed by atoms with Crippen molar-refractivity contribution in [2.24, 2.45) is 5.92 Å². The van der Waals surface area contributed by atoms with Crippen molar-refractivity contribution < 1.29 is 12.8 Å². The molecule has 5 heteroatoms. The Kier molecular flexibility index (Phi) is 4.72. The summed E-state index contributed by atoms with van der Waals surface area (Å²) in [6.45, 7) is 6.23. The lowest BCUT2D eigenvalue weighted by atomic mass is 9.91. The molecule has 0 radical (unpaired) electrons. The topological polar surface area (TPSA) is 50.5 Å². The number of aryl methyl sites for hydroxylation is 3. The highest BCUT2D eigenvalue weighted by molar-refractivity contribution is 7.92. The van der Waals surface area contributed by atoms with Crippen molar-refractivity contribution in [1.29, 1.82) is 0 Å². The van der Waals surface area contributed by atoms with Crippen LogP contribution in [0.15, 0.2) is 39.8 Å². The lowest BCUT2D eigenvalue weighted by Crippen LogP contribution is -2.34. The molecule has 0 unspecified atom stereocenters. The van der Waals surface area contributed by atoms with Gasteiger partial charge in [0.2, 0.25) is 5.09 Å². The summed E-state index contributed by atoms with van der Waals surface area (Å²) in [5.41, 5.74) is 3.36.